The zero-order valence-corrected chi connectivity index (χ0v) is 15.3. The van der Waals surface area contributed by atoms with Crippen LogP contribution in [0.15, 0.2) is 4.99 Å². The van der Waals surface area contributed by atoms with Gasteiger partial charge in [0.25, 0.3) is 0 Å². The molecule has 0 aromatic heterocycles. The molecule has 0 bridgehead atoms. The molecule has 4 nitrogen and oxygen atoms in total. The molecule has 1 heterocycles. The largest absolute Gasteiger partial charge is 0.357 e. The molecule has 130 valence electrons. The number of hydrogen-bond acceptors (Lipinski definition) is 2. The monoisotopic (exact) mass is 310 g/mol. The molecule has 4 heteroatoms. The first kappa shape index (κ1) is 19.3. The van der Waals surface area contributed by atoms with E-state index in [0.29, 0.717) is 12.0 Å². The molecule has 1 atom stereocenters. The van der Waals surface area contributed by atoms with Crippen LogP contribution in [0.25, 0.3) is 0 Å². The number of aliphatic imine (C=N–C) groups is 1. The van der Waals surface area contributed by atoms with E-state index in [1.165, 1.54) is 51.6 Å². The maximum Gasteiger partial charge on any atom is 0.191 e. The molecule has 1 saturated heterocycles. The van der Waals surface area contributed by atoms with Crippen molar-refractivity contribution in [1.29, 1.82) is 0 Å². The molecular weight excluding hydrogens is 272 g/mol. The number of guanidine groups is 1. The Labute approximate surface area is 138 Å². The number of unbranched alkanes of at least 4 members (excludes halogenated alkanes) is 3. The Morgan fingerprint density at radius 1 is 1.18 bits per heavy atom. The second-order valence-corrected chi connectivity index (χ2v) is 6.80. The molecule has 0 aliphatic carbocycles. The zero-order valence-electron chi connectivity index (χ0n) is 15.3. The molecule has 2 N–H and O–H groups in total. The van der Waals surface area contributed by atoms with Crippen LogP contribution in [-0.2, 0) is 0 Å². The first-order valence-corrected chi connectivity index (χ1v) is 9.43. The van der Waals surface area contributed by atoms with Gasteiger partial charge >= 0.3 is 0 Å². The molecule has 1 aliphatic heterocycles. The normalized spacial score (nSPS) is 20.4. The van der Waals surface area contributed by atoms with E-state index >= 15 is 0 Å². The Kier molecular flexibility index (Phi) is 10.3. The van der Waals surface area contributed by atoms with Crippen molar-refractivity contribution in [2.45, 2.75) is 72.3 Å². The molecule has 0 radical (unpaired) electrons. The maximum absolute atomic E-state index is 4.82. The predicted octanol–water partition coefficient (Wildman–Crippen LogP) is 3.24. The van der Waals surface area contributed by atoms with Gasteiger partial charge in [-0.05, 0) is 52.5 Å². The summed E-state index contributed by atoms with van der Waals surface area (Å²) in [6.07, 6.45) is 7.82. The molecule has 0 amide bonds. The summed E-state index contributed by atoms with van der Waals surface area (Å²) in [5.74, 6) is 1.72. The fourth-order valence-electron chi connectivity index (χ4n) is 3.04. The summed E-state index contributed by atoms with van der Waals surface area (Å²) in [6, 6.07) is 0.664. The second-order valence-electron chi connectivity index (χ2n) is 6.80. The highest BCUT2D eigenvalue weighted by molar-refractivity contribution is 5.79. The van der Waals surface area contributed by atoms with Gasteiger partial charge in [0.05, 0.1) is 0 Å². The third kappa shape index (κ3) is 8.02. The van der Waals surface area contributed by atoms with E-state index in [9.17, 15) is 0 Å². The van der Waals surface area contributed by atoms with Crippen LogP contribution in [0.4, 0.5) is 0 Å². The van der Waals surface area contributed by atoms with Gasteiger partial charge in [-0.3, -0.25) is 4.99 Å². The van der Waals surface area contributed by atoms with Gasteiger partial charge in [0.15, 0.2) is 5.96 Å². The highest BCUT2D eigenvalue weighted by Crippen LogP contribution is 2.18. The number of rotatable bonds is 9. The lowest BCUT2D eigenvalue weighted by molar-refractivity contribution is 0.143. The van der Waals surface area contributed by atoms with Gasteiger partial charge < -0.3 is 15.5 Å². The van der Waals surface area contributed by atoms with Crippen molar-refractivity contribution in [2.24, 2.45) is 10.9 Å². The summed E-state index contributed by atoms with van der Waals surface area (Å²) < 4.78 is 0. The molecule has 22 heavy (non-hydrogen) atoms. The number of nitrogens with zero attached hydrogens (tertiary/aromatic N) is 2. The molecule has 1 fully saturated rings. The minimum Gasteiger partial charge on any atom is -0.357 e. The number of hydrogen-bond donors (Lipinski definition) is 2. The highest BCUT2D eigenvalue weighted by atomic mass is 15.2. The van der Waals surface area contributed by atoms with E-state index in [1.807, 2.05) is 0 Å². The predicted molar refractivity (Wildman–Crippen MR) is 97.6 cm³/mol. The number of piperidine rings is 1. The van der Waals surface area contributed by atoms with Crippen LogP contribution in [0, 0.1) is 5.92 Å². The van der Waals surface area contributed by atoms with Gasteiger partial charge in [0.2, 0.25) is 0 Å². The van der Waals surface area contributed by atoms with Gasteiger partial charge in [-0.15, -0.1) is 0 Å². The van der Waals surface area contributed by atoms with Crippen molar-refractivity contribution >= 4 is 5.96 Å². The van der Waals surface area contributed by atoms with Gasteiger partial charge in [-0.2, -0.15) is 0 Å². The molecule has 1 aliphatic rings. The third-order valence-corrected chi connectivity index (χ3v) is 4.46. The summed E-state index contributed by atoms with van der Waals surface area (Å²) in [7, 11) is 0. The molecule has 0 aromatic carbocycles. The summed E-state index contributed by atoms with van der Waals surface area (Å²) >= 11 is 0. The topological polar surface area (TPSA) is 39.7 Å². The Hall–Kier alpha value is -0.770. The smallest absolute Gasteiger partial charge is 0.191 e. The Morgan fingerprint density at radius 2 is 2.00 bits per heavy atom. The van der Waals surface area contributed by atoms with E-state index in [-0.39, 0.29) is 0 Å². The molecule has 1 unspecified atom stereocenters. The van der Waals surface area contributed by atoms with Gasteiger partial charge in [0, 0.05) is 32.2 Å². The van der Waals surface area contributed by atoms with Crippen LogP contribution in [0.3, 0.4) is 0 Å². The van der Waals surface area contributed by atoms with Crippen LogP contribution in [0.1, 0.15) is 66.2 Å². The first-order valence-electron chi connectivity index (χ1n) is 9.43. The molecule has 1 rings (SSSR count). The summed E-state index contributed by atoms with van der Waals surface area (Å²) in [6.45, 7) is 14.4. The van der Waals surface area contributed by atoms with Crippen molar-refractivity contribution in [3.8, 4) is 0 Å². The van der Waals surface area contributed by atoms with Crippen molar-refractivity contribution < 1.29 is 0 Å². The van der Waals surface area contributed by atoms with Gasteiger partial charge in [-0.1, -0.05) is 26.2 Å². The van der Waals surface area contributed by atoms with Gasteiger partial charge in [-0.25, -0.2) is 0 Å². The first-order chi connectivity index (χ1) is 10.7. The van der Waals surface area contributed by atoms with E-state index in [4.69, 9.17) is 4.99 Å². The lowest BCUT2D eigenvalue weighted by atomic mass is 9.97. The fourth-order valence-corrected chi connectivity index (χ4v) is 3.04. The lowest BCUT2D eigenvalue weighted by Gasteiger charge is -2.34. The average molecular weight is 311 g/mol. The summed E-state index contributed by atoms with van der Waals surface area (Å²) in [5, 5.41) is 6.85. The SMILES string of the molecule is CCCCCCNC(=NCC1CCCN(C(C)C)C1)NCC. The lowest BCUT2D eigenvalue weighted by Crippen LogP contribution is -2.42. The standard InChI is InChI=1S/C18H38N4/c1-5-7-8-9-12-20-18(19-6-2)21-14-17-11-10-13-22(15-17)16(3)4/h16-17H,5-15H2,1-4H3,(H2,19,20,21). The highest BCUT2D eigenvalue weighted by Gasteiger charge is 2.21. The Balaban J connectivity index is 2.34. The third-order valence-electron chi connectivity index (χ3n) is 4.46. The van der Waals surface area contributed by atoms with E-state index < -0.39 is 0 Å². The van der Waals surface area contributed by atoms with Crippen LogP contribution >= 0.6 is 0 Å². The molecule has 0 saturated carbocycles. The van der Waals surface area contributed by atoms with Crippen LogP contribution in [0.2, 0.25) is 0 Å². The van der Waals surface area contributed by atoms with Crippen LogP contribution < -0.4 is 10.6 Å². The summed E-state index contributed by atoms with van der Waals surface area (Å²) in [5.41, 5.74) is 0. The Morgan fingerprint density at radius 3 is 2.68 bits per heavy atom. The van der Waals surface area contributed by atoms with Crippen molar-refractivity contribution in [3.63, 3.8) is 0 Å². The molecular formula is C18H38N4. The second kappa shape index (κ2) is 11.8. The van der Waals surface area contributed by atoms with E-state index in [1.54, 1.807) is 0 Å². The van der Waals surface area contributed by atoms with Gasteiger partial charge in [0.1, 0.15) is 0 Å². The minimum absolute atomic E-state index is 0.664. The van der Waals surface area contributed by atoms with E-state index in [0.717, 1.165) is 25.6 Å². The average Bonchev–Trinajstić information content (AvgIpc) is 2.52. The fraction of sp³-hybridized carbons (Fsp3) is 0.944. The van der Waals surface area contributed by atoms with Crippen molar-refractivity contribution in [2.75, 3.05) is 32.7 Å². The molecule has 0 spiro atoms. The van der Waals surface area contributed by atoms with E-state index in [2.05, 4.69) is 43.2 Å². The van der Waals surface area contributed by atoms with Crippen molar-refractivity contribution in [3.05, 3.63) is 0 Å². The van der Waals surface area contributed by atoms with Crippen molar-refractivity contribution in [1.82, 2.24) is 15.5 Å². The zero-order chi connectivity index (χ0) is 16.2. The number of likely N-dealkylation sites (tertiary alicyclic amines) is 1. The Bertz CT molecular complexity index is 301. The number of nitrogens with one attached hydrogen (secondary N) is 2. The summed E-state index contributed by atoms with van der Waals surface area (Å²) in [4.78, 5) is 7.41. The quantitative estimate of drug-likeness (QED) is 0.390. The van der Waals surface area contributed by atoms with Crippen LogP contribution in [0.5, 0.6) is 0 Å². The molecule has 0 aromatic rings. The maximum atomic E-state index is 4.82. The van der Waals surface area contributed by atoms with Crippen LogP contribution in [-0.4, -0.2) is 49.6 Å². The minimum atomic E-state index is 0.664.